The first-order valence-corrected chi connectivity index (χ1v) is 9.88. The molecule has 0 spiro atoms. The molecule has 2 atom stereocenters. The van der Waals surface area contributed by atoms with Crippen LogP contribution in [0.4, 0.5) is 0 Å². The third-order valence-corrected chi connectivity index (χ3v) is 6.13. The molecule has 1 saturated heterocycles. The zero-order valence-electron chi connectivity index (χ0n) is 13.5. The van der Waals surface area contributed by atoms with Crippen molar-refractivity contribution in [1.29, 1.82) is 0 Å². The van der Waals surface area contributed by atoms with Crippen LogP contribution >= 0.6 is 27.7 Å². The molecule has 2 aliphatic heterocycles. The number of nitrogens with one attached hydrogen (secondary N) is 1. The van der Waals surface area contributed by atoms with Crippen molar-refractivity contribution in [1.82, 2.24) is 10.2 Å². The molecule has 3 rings (SSSR count). The summed E-state index contributed by atoms with van der Waals surface area (Å²) in [6.45, 7) is 0. The number of methoxy groups -OCH3 is 1. The van der Waals surface area contributed by atoms with Crippen LogP contribution in [0.1, 0.15) is 5.56 Å². The minimum atomic E-state index is -0.613. The van der Waals surface area contributed by atoms with Gasteiger partial charge in [0.25, 0.3) is 5.91 Å². The number of carbonyl (C=O) groups is 3. The van der Waals surface area contributed by atoms with Crippen LogP contribution in [0.3, 0.4) is 0 Å². The molecule has 6 nitrogen and oxygen atoms in total. The van der Waals surface area contributed by atoms with E-state index in [1.807, 2.05) is 30.3 Å². The first kappa shape index (κ1) is 18.0. The normalized spacial score (nSPS) is 22.2. The van der Waals surface area contributed by atoms with Gasteiger partial charge in [0, 0.05) is 11.1 Å². The van der Waals surface area contributed by atoms with E-state index < -0.39 is 12.0 Å². The highest BCUT2D eigenvalue weighted by molar-refractivity contribution is 9.09. The molecule has 0 saturated carbocycles. The second-order valence-electron chi connectivity index (χ2n) is 5.69. The van der Waals surface area contributed by atoms with Gasteiger partial charge >= 0.3 is 5.97 Å². The number of rotatable bonds is 5. The van der Waals surface area contributed by atoms with Crippen LogP contribution in [0.5, 0.6) is 0 Å². The van der Waals surface area contributed by atoms with Gasteiger partial charge in [0.2, 0.25) is 5.91 Å². The smallest absolute Gasteiger partial charge is 0.354 e. The van der Waals surface area contributed by atoms with Crippen molar-refractivity contribution in [3.63, 3.8) is 0 Å². The summed E-state index contributed by atoms with van der Waals surface area (Å²) >= 11 is 4.88. The largest absolute Gasteiger partial charge is 0.464 e. The van der Waals surface area contributed by atoms with E-state index in [9.17, 15) is 14.4 Å². The van der Waals surface area contributed by atoms with Gasteiger partial charge in [-0.15, -0.1) is 11.8 Å². The fraction of sp³-hybridized carbons (Fsp3) is 0.353. The first-order chi connectivity index (χ1) is 12.1. The second-order valence-corrected chi connectivity index (χ2v) is 7.36. The van der Waals surface area contributed by atoms with Crippen molar-refractivity contribution in [2.75, 3.05) is 18.2 Å². The molecular formula is C17H17BrN2O4S. The number of esters is 1. The highest BCUT2D eigenvalue weighted by Crippen LogP contribution is 2.40. The topological polar surface area (TPSA) is 75.7 Å². The molecule has 2 amide bonds. The monoisotopic (exact) mass is 424 g/mol. The molecule has 8 heteroatoms. The Kier molecular flexibility index (Phi) is 5.48. The standard InChI is InChI=1S/C17H17BrN2O4S/c1-24-17(23)14-11(8-18)9-25-16-13(15(22)20(14)16)19-12(21)7-10-5-3-2-4-6-10/h2-6,13,16H,7-9H2,1H3,(H,19,21)/t13-,16-/m1/s1. The Morgan fingerprint density at radius 3 is 2.72 bits per heavy atom. The summed E-state index contributed by atoms with van der Waals surface area (Å²) in [7, 11) is 1.29. The van der Waals surface area contributed by atoms with Gasteiger partial charge in [-0.2, -0.15) is 0 Å². The van der Waals surface area contributed by atoms with Crippen LogP contribution in [0, 0.1) is 0 Å². The van der Waals surface area contributed by atoms with Crippen molar-refractivity contribution < 1.29 is 19.1 Å². The molecule has 1 aromatic carbocycles. The molecule has 0 unspecified atom stereocenters. The van der Waals surface area contributed by atoms with Crippen LogP contribution < -0.4 is 5.32 Å². The predicted molar refractivity (Wildman–Crippen MR) is 98.0 cm³/mol. The minimum Gasteiger partial charge on any atom is -0.464 e. The Morgan fingerprint density at radius 1 is 1.36 bits per heavy atom. The Hall–Kier alpha value is -1.80. The molecule has 1 aromatic rings. The van der Waals surface area contributed by atoms with Crippen LogP contribution in [-0.2, 0) is 25.5 Å². The first-order valence-electron chi connectivity index (χ1n) is 7.71. The number of fused-ring (bicyclic) bond motifs is 1. The maximum absolute atomic E-state index is 12.5. The molecule has 2 aliphatic rings. The van der Waals surface area contributed by atoms with Crippen molar-refractivity contribution >= 4 is 45.5 Å². The lowest BCUT2D eigenvalue weighted by Gasteiger charge is -2.49. The van der Waals surface area contributed by atoms with Crippen molar-refractivity contribution in [2.24, 2.45) is 0 Å². The molecule has 0 aromatic heterocycles. The molecule has 132 valence electrons. The van der Waals surface area contributed by atoms with Crippen LogP contribution in [0.15, 0.2) is 41.6 Å². The number of ether oxygens (including phenoxy) is 1. The molecule has 0 bridgehead atoms. The quantitative estimate of drug-likeness (QED) is 0.439. The molecule has 0 aliphatic carbocycles. The second kappa shape index (κ2) is 7.61. The zero-order chi connectivity index (χ0) is 18.0. The summed E-state index contributed by atoms with van der Waals surface area (Å²) in [6.07, 6.45) is 0.217. The third kappa shape index (κ3) is 3.46. The lowest BCUT2D eigenvalue weighted by atomic mass is 10.0. The van der Waals surface area contributed by atoms with E-state index in [1.54, 1.807) is 0 Å². The van der Waals surface area contributed by atoms with Gasteiger partial charge in [-0.05, 0) is 11.1 Å². The number of halogens is 1. The number of amides is 2. The van der Waals surface area contributed by atoms with E-state index in [-0.39, 0.29) is 23.6 Å². The van der Waals surface area contributed by atoms with Gasteiger partial charge in [-0.25, -0.2) is 4.79 Å². The Bertz CT molecular complexity index is 737. The highest BCUT2D eigenvalue weighted by atomic mass is 79.9. The van der Waals surface area contributed by atoms with Crippen LogP contribution in [0.25, 0.3) is 0 Å². The van der Waals surface area contributed by atoms with Crippen molar-refractivity contribution in [2.45, 2.75) is 17.8 Å². The number of benzene rings is 1. The average molecular weight is 425 g/mol. The Balaban J connectivity index is 1.70. The SMILES string of the molecule is COC(=O)C1=C(CBr)CS[C@@H]2[C@H](NC(=O)Cc3ccccc3)C(=O)N12. The molecule has 1 N–H and O–H groups in total. The summed E-state index contributed by atoms with van der Waals surface area (Å²) in [6, 6.07) is 8.73. The number of hydrogen-bond donors (Lipinski definition) is 1. The van der Waals surface area contributed by atoms with Crippen molar-refractivity contribution in [3.05, 3.63) is 47.2 Å². The summed E-state index contributed by atoms with van der Waals surface area (Å²) in [4.78, 5) is 38.2. The van der Waals surface area contributed by atoms with Crippen molar-refractivity contribution in [3.8, 4) is 0 Å². The van der Waals surface area contributed by atoms with E-state index in [2.05, 4.69) is 21.2 Å². The van der Waals surface area contributed by atoms with Gasteiger partial charge in [-0.3, -0.25) is 14.5 Å². The number of nitrogens with zero attached hydrogens (tertiary/aromatic N) is 1. The van der Waals surface area contributed by atoms with Gasteiger partial charge in [0.05, 0.1) is 13.5 Å². The highest BCUT2D eigenvalue weighted by Gasteiger charge is 2.54. The Labute approximate surface area is 158 Å². The molecule has 0 radical (unpaired) electrons. The van der Waals surface area contributed by atoms with Crippen LogP contribution in [-0.4, -0.2) is 52.3 Å². The third-order valence-electron chi connectivity index (χ3n) is 4.11. The van der Waals surface area contributed by atoms with Gasteiger partial charge in [0.1, 0.15) is 17.1 Å². The molecular weight excluding hydrogens is 408 g/mol. The summed E-state index contributed by atoms with van der Waals surface area (Å²) in [5.41, 5.74) is 1.99. The summed E-state index contributed by atoms with van der Waals surface area (Å²) in [5.74, 6) is -0.408. The molecule has 25 heavy (non-hydrogen) atoms. The number of β-lactam (4-membered cyclic amide) rings is 1. The lowest BCUT2D eigenvalue weighted by molar-refractivity contribution is -0.151. The van der Waals surface area contributed by atoms with E-state index in [0.717, 1.165) is 11.1 Å². The minimum absolute atomic E-state index is 0.209. The maximum atomic E-state index is 12.5. The van der Waals surface area contributed by atoms with E-state index in [4.69, 9.17) is 4.74 Å². The number of carbonyl (C=O) groups excluding carboxylic acids is 3. The number of thioether (sulfide) groups is 1. The summed E-state index contributed by atoms with van der Waals surface area (Å²) < 4.78 is 4.81. The fourth-order valence-corrected chi connectivity index (χ4v) is 4.95. The summed E-state index contributed by atoms with van der Waals surface area (Å²) in [5, 5.41) is 3.00. The van der Waals surface area contributed by atoms with Gasteiger partial charge in [0.15, 0.2) is 0 Å². The predicted octanol–water partition coefficient (Wildman–Crippen LogP) is 1.45. The number of alkyl halides is 1. The van der Waals surface area contributed by atoms with Gasteiger partial charge < -0.3 is 10.1 Å². The van der Waals surface area contributed by atoms with E-state index in [0.29, 0.717) is 16.8 Å². The van der Waals surface area contributed by atoms with E-state index >= 15 is 0 Å². The maximum Gasteiger partial charge on any atom is 0.354 e. The van der Waals surface area contributed by atoms with Crippen LogP contribution in [0.2, 0.25) is 0 Å². The fourth-order valence-electron chi connectivity index (χ4n) is 2.88. The lowest BCUT2D eigenvalue weighted by Crippen LogP contribution is -2.70. The number of hydrogen-bond acceptors (Lipinski definition) is 5. The van der Waals surface area contributed by atoms with Gasteiger partial charge in [-0.1, -0.05) is 46.3 Å². The molecule has 2 heterocycles. The Morgan fingerprint density at radius 2 is 2.08 bits per heavy atom. The van der Waals surface area contributed by atoms with E-state index in [1.165, 1.54) is 23.8 Å². The average Bonchev–Trinajstić information content (AvgIpc) is 2.64. The molecule has 1 fully saturated rings. The zero-order valence-corrected chi connectivity index (χ0v) is 15.9.